The van der Waals surface area contributed by atoms with Gasteiger partial charge in [0.1, 0.15) is 4.21 Å². The Labute approximate surface area is 188 Å². The van der Waals surface area contributed by atoms with E-state index in [1.807, 2.05) is 0 Å². The zero-order valence-corrected chi connectivity index (χ0v) is 19.8. The van der Waals surface area contributed by atoms with Crippen molar-refractivity contribution in [3.63, 3.8) is 0 Å². The number of hydrogen-bond acceptors (Lipinski definition) is 4. The van der Waals surface area contributed by atoms with Crippen LogP contribution >= 0.6 is 35.3 Å². The van der Waals surface area contributed by atoms with E-state index in [0.717, 1.165) is 11.4 Å². The Morgan fingerprint density at radius 1 is 1.14 bits per heavy atom. The average Bonchev–Trinajstić information content (AvgIpc) is 3.33. The van der Waals surface area contributed by atoms with Crippen molar-refractivity contribution < 1.29 is 8.42 Å². The van der Waals surface area contributed by atoms with Gasteiger partial charge in [-0.15, -0.1) is 35.3 Å². The smallest absolute Gasteiger partial charge is 0.247 e. The molecule has 2 aromatic rings. The van der Waals surface area contributed by atoms with Gasteiger partial charge in [0.25, 0.3) is 0 Å². The van der Waals surface area contributed by atoms with Gasteiger partial charge in [0.2, 0.25) is 10.0 Å². The van der Waals surface area contributed by atoms with E-state index in [1.165, 1.54) is 48.6 Å². The van der Waals surface area contributed by atoms with Crippen LogP contribution in [0.5, 0.6) is 0 Å². The molecule has 0 spiro atoms. The first-order chi connectivity index (χ1) is 12.9. The molecule has 1 heterocycles. The molecule has 0 aliphatic heterocycles. The molecular weight excluding hydrogens is 507 g/mol. The number of halogens is 1. The van der Waals surface area contributed by atoms with Crippen molar-refractivity contribution >= 4 is 51.3 Å². The van der Waals surface area contributed by atoms with Crippen LogP contribution in [-0.4, -0.2) is 28.0 Å². The van der Waals surface area contributed by atoms with Gasteiger partial charge in [0.05, 0.1) is 6.54 Å². The lowest BCUT2D eigenvalue weighted by Crippen LogP contribution is -2.44. The van der Waals surface area contributed by atoms with E-state index in [9.17, 15) is 8.42 Å². The summed E-state index contributed by atoms with van der Waals surface area (Å²) >= 11 is 1.17. The van der Waals surface area contributed by atoms with Crippen molar-refractivity contribution in [2.45, 2.75) is 41.9 Å². The minimum atomic E-state index is -3.64. The summed E-state index contributed by atoms with van der Waals surface area (Å²) in [5.74, 6) is 0.711. The lowest BCUT2D eigenvalue weighted by molar-refractivity contribution is 0.432. The van der Waals surface area contributed by atoms with E-state index in [1.54, 1.807) is 13.1 Å². The highest BCUT2D eigenvalue weighted by molar-refractivity contribution is 14.0. The first-order valence-corrected chi connectivity index (χ1v) is 11.4. The van der Waals surface area contributed by atoms with Crippen molar-refractivity contribution in [3.8, 4) is 0 Å². The number of sulfonamides is 1. The van der Waals surface area contributed by atoms with Crippen LogP contribution in [0.3, 0.4) is 0 Å². The molecule has 0 unspecified atom stereocenters. The molecule has 28 heavy (non-hydrogen) atoms. The minimum Gasteiger partial charge on any atom is -0.356 e. The molecule has 0 atom stereocenters. The lowest BCUT2D eigenvalue weighted by Gasteiger charge is -2.30. The molecule has 1 aromatic heterocycles. The summed E-state index contributed by atoms with van der Waals surface area (Å²) in [5, 5.41) is 11.9. The number of aliphatic imine (C=N–C) groups is 1. The maximum atomic E-state index is 11.4. The second-order valence-electron chi connectivity index (χ2n) is 6.90. The number of benzene rings is 1. The molecule has 0 bridgehead atoms. The molecule has 1 saturated carbocycles. The van der Waals surface area contributed by atoms with Crippen molar-refractivity contribution in [1.29, 1.82) is 0 Å². The first kappa shape index (κ1) is 23.1. The van der Waals surface area contributed by atoms with E-state index in [-0.39, 0.29) is 33.6 Å². The van der Waals surface area contributed by atoms with Gasteiger partial charge in [-0.3, -0.25) is 4.99 Å². The van der Waals surface area contributed by atoms with E-state index < -0.39 is 10.0 Å². The summed E-state index contributed by atoms with van der Waals surface area (Å²) in [6.07, 6.45) is 4.83. The fraction of sp³-hybridized carbons (Fsp3) is 0.421. The Bertz CT molecular complexity index is 892. The molecule has 1 fully saturated rings. The van der Waals surface area contributed by atoms with Gasteiger partial charge in [-0.25, -0.2) is 13.6 Å². The Morgan fingerprint density at radius 2 is 1.82 bits per heavy atom. The zero-order valence-electron chi connectivity index (χ0n) is 15.8. The van der Waals surface area contributed by atoms with Crippen molar-refractivity contribution in [2.24, 2.45) is 10.1 Å². The van der Waals surface area contributed by atoms with Crippen molar-refractivity contribution in [1.82, 2.24) is 10.6 Å². The minimum absolute atomic E-state index is 0. The number of nitrogens with one attached hydrogen (secondary N) is 2. The van der Waals surface area contributed by atoms with Gasteiger partial charge in [-0.2, -0.15) is 0 Å². The third-order valence-corrected chi connectivity index (χ3v) is 7.64. The molecule has 0 radical (unpaired) electrons. The topological polar surface area (TPSA) is 96.6 Å². The van der Waals surface area contributed by atoms with Crippen LogP contribution in [0.4, 0.5) is 0 Å². The largest absolute Gasteiger partial charge is 0.356 e. The Morgan fingerprint density at radius 3 is 2.39 bits per heavy atom. The number of rotatable bonds is 6. The monoisotopic (exact) mass is 534 g/mol. The van der Waals surface area contributed by atoms with Crippen LogP contribution in [0.25, 0.3) is 0 Å². The second kappa shape index (κ2) is 10.0. The first-order valence-electron chi connectivity index (χ1n) is 9.04. The molecule has 3 rings (SSSR count). The highest BCUT2D eigenvalue weighted by atomic mass is 127. The van der Waals surface area contributed by atoms with Crippen LogP contribution < -0.4 is 15.8 Å². The highest BCUT2D eigenvalue weighted by Crippen LogP contribution is 2.40. The van der Waals surface area contributed by atoms with Gasteiger partial charge < -0.3 is 10.6 Å². The second-order valence-corrected chi connectivity index (χ2v) is 9.86. The normalized spacial score (nSPS) is 16.4. The average molecular weight is 534 g/mol. The van der Waals surface area contributed by atoms with Crippen LogP contribution in [0, 0.1) is 0 Å². The Balaban J connectivity index is 0.00000280. The summed E-state index contributed by atoms with van der Waals surface area (Å²) in [6, 6.07) is 14.0. The molecule has 0 saturated heterocycles. The number of thiophene rings is 1. The molecule has 0 amide bonds. The van der Waals surface area contributed by atoms with Crippen LogP contribution in [0.15, 0.2) is 51.7 Å². The predicted octanol–water partition coefficient (Wildman–Crippen LogP) is 3.19. The van der Waals surface area contributed by atoms with Crippen molar-refractivity contribution in [2.75, 3.05) is 13.6 Å². The van der Waals surface area contributed by atoms with E-state index >= 15 is 0 Å². The number of primary sulfonamides is 1. The molecule has 9 heteroatoms. The SMILES string of the molecule is CN=C(NCc1ccc(S(N)(=O)=O)s1)NCC1(c2ccccc2)CCCC1.I. The van der Waals surface area contributed by atoms with E-state index in [0.29, 0.717) is 12.5 Å². The highest BCUT2D eigenvalue weighted by Gasteiger charge is 2.35. The van der Waals surface area contributed by atoms with Gasteiger partial charge in [-0.05, 0) is 30.5 Å². The Kier molecular flexibility index (Phi) is 8.29. The molecule has 1 aliphatic rings. The third-order valence-electron chi connectivity index (χ3n) is 5.11. The zero-order chi connectivity index (χ0) is 19.3. The van der Waals surface area contributed by atoms with Crippen LogP contribution in [0.1, 0.15) is 36.1 Å². The molecule has 154 valence electrons. The molecule has 1 aliphatic carbocycles. The van der Waals surface area contributed by atoms with Gasteiger partial charge in [-0.1, -0.05) is 43.2 Å². The molecule has 4 N–H and O–H groups in total. The van der Waals surface area contributed by atoms with E-state index in [4.69, 9.17) is 5.14 Å². The predicted molar refractivity (Wildman–Crippen MR) is 126 cm³/mol. The molecule has 1 aromatic carbocycles. The quantitative estimate of drug-likeness (QED) is 0.301. The summed E-state index contributed by atoms with van der Waals surface area (Å²) in [6.45, 7) is 1.32. The number of nitrogens with two attached hydrogens (primary N) is 1. The maximum Gasteiger partial charge on any atom is 0.247 e. The summed E-state index contributed by atoms with van der Waals surface area (Å²) in [7, 11) is -1.90. The van der Waals surface area contributed by atoms with Crippen molar-refractivity contribution in [3.05, 3.63) is 52.9 Å². The summed E-state index contributed by atoms with van der Waals surface area (Å²) in [4.78, 5) is 5.19. The fourth-order valence-electron chi connectivity index (χ4n) is 3.66. The fourth-order valence-corrected chi connectivity index (χ4v) is 5.38. The number of nitrogens with zero attached hydrogens (tertiary/aromatic N) is 1. The standard InChI is InChI=1S/C19H26N4O2S2.HI/c1-21-18(22-13-16-9-10-17(26-16)27(20,24)25)23-14-19(11-5-6-12-19)15-7-3-2-4-8-15;/h2-4,7-10H,5-6,11-14H2,1H3,(H2,20,24,25)(H2,21,22,23);1H. The number of guanidine groups is 1. The third kappa shape index (κ3) is 5.68. The summed E-state index contributed by atoms with van der Waals surface area (Å²) in [5.41, 5.74) is 1.52. The van der Waals surface area contributed by atoms with Crippen LogP contribution in [0.2, 0.25) is 0 Å². The van der Waals surface area contributed by atoms with Gasteiger partial charge in [0.15, 0.2) is 5.96 Å². The summed E-state index contributed by atoms with van der Waals surface area (Å²) < 4.78 is 23.0. The number of hydrogen-bond donors (Lipinski definition) is 3. The van der Waals surface area contributed by atoms with E-state index in [2.05, 4.69) is 46.0 Å². The molecule has 6 nitrogen and oxygen atoms in total. The Hall–Kier alpha value is -1.17. The molecular formula is C19H27IN4O2S2. The lowest BCUT2D eigenvalue weighted by atomic mass is 9.79. The maximum absolute atomic E-state index is 11.4. The van der Waals surface area contributed by atoms with Gasteiger partial charge >= 0.3 is 0 Å². The van der Waals surface area contributed by atoms with Gasteiger partial charge in [0, 0.05) is 23.9 Å². The van der Waals surface area contributed by atoms with Crippen LogP contribution in [-0.2, 0) is 22.0 Å².